The first-order valence-corrected chi connectivity index (χ1v) is 4.23. The van der Waals surface area contributed by atoms with Gasteiger partial charge in [-0.25, -0.2) is 4.79 Å². The average molecular weight is 204 g/mol. The molecule has 0 bridgehead atoms. The van der Waals surface area contributed by atoms with E-state index >= 15 is 0 Å². The number of aryl methyl sites for hydroxylation is 1. The molecule has 0 aliphatic rings. The van der Waals surface area contributed by atoms with Crippen LogP contribution in [-0.4, -0.2) is 31.1 Å². The first-order valence-electron chi connectivity index (χ1n) is 4.23. The number of aromatic nitrogens is 4. The Balaban J connectivity index is 2.59. The van der Waals surface area contributed by atoms with Crippen LogP contribution in [0.15, 0.2) is 24.5 Å². The largest absolute Gasteiger partial charge is 0.477 e. The summed E-state index contributed by atoms with van der Waals surface area (Å²) < 4.78 is 1.30. The van der Waals surface area contributed by atoms with Crippen molar-refractivity contribution in [3.8, 4) is 11.3 Å². The van der Waals surface area contributed by atoms with Crippen LogP contribution in [0, 0.1) is 0 Å². The molecule has 6 heteroatoms. The van der Waals surface area contributed by atoms with Crippen molar-refractivity contribution in [1.29, 1.82) is 0 Å². The van der Waals surface area contributed by atoms with Crippen molar-refractivity contribution in [3.05, 3.63) is 30.2 Å². The Morgan fingerprint density at radius 1 is 1.53 bits per heavy atom. The van der Waals surface area contributed by atoms with Crippen molar-refractivity contribution < 1.29 is 9.90 Å². The second-order valence-corrected chi connectivity index (χ2v) is 2.94. The van der Waals surface area contributed by atoms with E-state index in [2.05, 4.69) is 15.3 Å². The van der Waals surface area contributed by atoms with E-state index in [0.717, 1.165) is 0 Å². The Labute approximate surface area is 85.2 Å². The Kier molecular flexibility index (Phi) is 2.17. The van der Waals surface area contributed by atoms with E-state index in [0.29, 0.717) is 11.3 Å². The fourth-order valence-corrected chi connectivity index (χ4v) is 1.32. The lowest BCUT2D eigenvalue weighted by Gasteiger charge is -1.99. The zero-order chi connectivity index (χ0) is 10.8. The van der Waals surface area contributed by atoms with Crippen molar-refractivity contribution in [2.45, 2.75) is 0 Å². The van der Waals surface area contributed by atoms with Crippen LogP contribution < -0.4 is 0 Å². The van der Waals surface area contributed by atoms with Crippen molar-refractivity contribution in [2.75, 3.05) is 0 Å². The quantitative estimate of drug-likeness (QED) is 0.773. The Hall–Kier alpha value is -2.24. The molecule has 2 aromatic rings. The molecule has 0 aliphatic carbocycles. The predicted octanol–water partition coefficient (Wildman–Crippen LogP) is 0.575. The molecule has 0 atom stereocenters. The van der Waals surface area contributed by atoms with E-state index in [9.17, 15) is 4.79 Å². The summed E-state index contributed by atoms with van der Waals surface area (Å²) in [4.78, 5) is 11.0. The van der Waals surface area contributed by atoms with Gasteiger partial charge in [0.2, 0.25) is 0 Å². The van der Waals surface area contributed by atoms with Crippen LogP contribution in [0.1, 0.15) is 10.5 Å². The molecule has 1 N–H and O–H groups in total. The van der Waals surface area contributed by atoms with Gasteiger partial charge in [-0.2, -0.15) is 15.3 Å². The fourth-order valence-electron chi connectivity index (χ4n) is 1.32. The molecule has 0 saturated heterocycles. The molecule has 15 heavy (non-hydrogen) atoms. The van der Waals surface area contributed by atoms with Crippen LogP contribution in [0.4, 0.5) is 0 Å². The Bertz CT molecular complexity index is 492. The van der Waals surface area contributed by atoms with Crippen molar-refractivity contribution >= 4 is 5.97 Å². The average Bonchev–Trinajstić information content (AvgIpc) is 2.61. The van der Waals surface area contributed by atoms with E-state index < -0.39 is 5.97 Å². The van der Waals surface area contributed by atoms with E-state index in [1.54, 1.807) is 19.2 Å². The van der Waals surface area contributed by atoms with Crippen LogP contribution in [0.3, 0.4) is 0 Å². The number of hydrogen-bond acceptors (Lipinski definition) is 4. The van der Waals surface area contributed by atoms with Crippen LogP contribution in [0.2, 0.25) is 0 Å². The molecule has 0 fully saturated rings. The molecule has 2 heterocycles. The van der Waals surface area contributed by atoms with Gasteiger partial charge < -0.3 is 5.11 Å². The van der Waals surface area contributed by atoms with Crippen molar-refractivity contribution in [3.63, 3.8) is 0 Å². The van der Waals surface area contributed by atoms with E-state index in [1.165, 1.54) is 17.1 Å². The van der Waals surface area contributed by atoms with Gasteiger partial charge in [-0.1, -0.05) is 0 Å². The maximum absolute atomic E-state index is 11.0. The van der Waals surface area contributed by atoms with Gasteiger partial charge in [-0.3, -0.25) is 4.68 Å². The highest BCUT2D eigenvalue weighted by Crippen LogP contribution is 2.19. The maximum Gasteiger partial charge on any atom is 0.354 e. The lowest BCUT2D eigenvalue weighted by atomic mass is 10.2. The van der Waals surface area contributed by atoms with Crippen LogP contribution in [-0.2, 0) is 7.05 Å². The monoisotopic (exact) mass is 204 g/mol. The number of carbonyl (C=O) groups is 1. The van der Waals surface area contributed by atoms with Gasteiger partial charge in [0, 0.05) is 13.2 Å². The fraction of sp³-hybridized carbons (Fsp3) is 0.111. The number of carboxylic acids is 1. The Morgan fingerprint density at radius 2 is 2.33 bits per heavy atom. The third-order valence-corrected chi connectivity index (χ3v) is 1.99. The third-order valence-electron chi connectivity index (χ3n) is 1.99. The van der Waals surface area contributed by atoms with Gasteiger partial charge in [0.1, 0.15) is 0 Å². The minimum absolute atomic E-state index is 0.107. The van der Waals surface area contributed by atoms with Gasteiger partial charge in [-0.15, -0.1) is 0 Å². The zero-order valence-corrected chi connectivity index (χ0v) is 7.95. The number of rotatable bonds is 2. The highest BCUT2D eigenvalue weighted by atomic mass is 16.4. The summed E-state index contributed by atoms with van der Waals surface area (Å²) in [6, 6.07) is 3.39. The number of nitrogens with zero attached hydrogens (tertiary/aromatic N) is 4. The normalized spacial score (nSPS) is 10.2. The molecule has 76 valence electrons. The number of aromatic carboxylic acids is 1. The van der Waals surface area contributed by atoms with E-state index in [1.807, 2.05) is 0 Å². The summed E-state index contributed by atoms with van der Waals surface area (Å²) in [5.41, 5.74) is 1.08. The SMILES string of the molecule is Cn1ncc(-c2cccnn2)c1C(=O)O. The standard InChI is InChI=1S/C9H8N4O2/c1-13-8(9(14)15)6(5-11-13)7-3-2-4-10-12-7/h2-5H,1H3,(H,14,15). The zero-order valence-electron chi connectivity index (χ0n) is 7.95. The summed E-state index contributed by atoms with van der Waals surface area (Å²) >= 11 is 0. The molecule has 0 aliphatic heterocycles. The molecule has 0 saturated carbocycles. The van der Waals surface area contributed by atoms with E-state index in [-0.39, 0.29) is 5.69 Å². The minimum atomic E-state index is -1.03. The molecule has 0 unspecified atom stereocenters. The molecular weight excluding hydrogens is 196 g/mol. The molecule has 0 aromatic carbocycles. The second kappa shape index (κ2) is 3.49. The predicted molar refractivity (Wildman–Crippen MR) is 51.2 cm³/mol. The minimum Gasteiger partial charge on any atom is -0.477 e. The second-order valence-electron chi connectivity index (χ2n) is 2.94. The maximum atomic E-state index is 11.0. The van der Waals surface area contributed by atoms with Gasteiger partial charge in [0.15, 0.2) is 5.69 Å². The molecule has 0 amide bonds. The lowest BCUT2D eigenvalue weighted by molar-refractivity contribution is 0.0686. The van der Waals surface area contributed by atoms with Crippen LogP contribution >= 0.6 is 0 Å². The third kappa shape index (κ3) is 1.56. The molecule has 2 aromatic heterocycles. The molecular formula is C9H8N4O2. The molecule has 0 radical (unpaired) electrons. The van der Waals surface area contributed by atoms with Gasteiger partial charge >= 0.3 is 5.97 Å². The highest BCUT2D eigenvalue weighted by Gasteiger charge is 2.17. The van der Waals surface area contributed by atoms with Gasteiger partial charge in [0.25, 0.3) is 0 Å². The first-order chi connectivity index (χ1) is 7.20. The lowest BCUT2D eigenvalue weighted by Crippen LogP contribution is -2.07. The summed E-state index contributed by atoms with van der Waals surface area (Å²) in [6.07, 6.45) is 2.99. The highest BCUT2D eigenvalue weighted by molar-refractivity contribution is 5.93. The summed E-state index contributed by atoms with van der Waals surface area (Å²) in [5.74, 6) is -1.03. The van der Waals surface area contributed by atoms with Gasteiger partial charge in [0.05, 0.1) is 17.5 Å². The van der Waals surface area contributed by atoms with Gasteiger partial charge in [-0.05, 0) is 12.1 Å². The van der Waals surface area contributed by atoms with Crippen LogP contribution in [0.25, 0.3) is 11.3 Å². The number of hydrogen-bond donors (Lipinski definition) is 1. The van der Waals surface area contributed by atoms with Crippen LogP contribution in [0.5, 0.6) is 0 Å². The summed E-state index contributed by atoms with van der Waals surface area (Å²) in [6.45, 7) is 0. The molecule has 0 spiro atoms. The van der Waals surface area contributed by atoms with Crippen molar-refractivity contribution in [1.82, 2.24) is 20.0 Å². The Morgan fingerprint density at radius 3 is 2.93 bits per heavy atom. The first kappa shape index (κ1) is 9.32. The molecule has 6 nitrogen and oxygen atoms in total. The van der Waals surface area contributed by atoms with Crippen molar-refractivity contribution in [2.24, 2.45) is 7.05 Å². The summed E-state index contributed by atoms with van der Waals surface area (Å²) in [5, 5.41) is 20.4. The smallest absolute Gasteiger partial charge is 0.354 e. The molecule has 2 rings (SSSR count). The van der Waals surface area contributed by atoms with E-state index in [4.69, 9.17) is 5.11 Å². The topological polar surface area (TPSA) is 80.9 Å². The number of carboxylic acid groups (broad SMARTS) is 1. The summed E-state index contributed by atoms with van der Waals surface area (Å²) in [7, 11) is 1.57.